The minimum absolute atomic E-state index is 0.233. The predicted molar refractivity (Wildman–Crippen MR) is 63.5 cm³/mol. The van der Waals surface area contributed by atoms with Gasteiger partial charge in [0, 0.05) is 18.8 Å². The summed E-state index contributed by atoms with van der Waals surface area (Å²) in [6, 6.07) is 6.71. The van der Waals surface area contributed by atoms with Crippen molar-refractivity contribution in [2.24, 2.45) is 5.73 Å². The molecule has 0 radical (unpaired) electrons. The molecule has 1 heterocycles. The molecule has 0 aliphatic carbocycles. The molecule has 84 valence electrons. The van der Waals surface area contributed by atoms with E-state index < -0.39 is 0 Å². The molecule has 0 saturated heterocycles. The van der Waals surface area contributed by atoms with Crippen LogP contribution >= 0.6 is 0 Å². The van der Waals surface area contributed by atoms with Gasteiger partial charge in [-0.3, -0.25) is 9.88 Å². The maximum absolute atomic E-state index is 5.84. The first-order valence-corrected chi connectivity index (χ1v) is 5.57. The molecule has 0 aliphatic rings. The second-order valence-electron chi connectivity index (χ2n) is 3.93. The molecule has 0 spiro atoms. The zero-order valence-electron chi connectivity index (χ0n) is 9.85. The lowest BCUT2D eigenvalue weighted by atomic mass is 10.1. The summed E-state index contributed by atoms with van der Waals surface area (Å²) in [5, 5.41) is 0. The standard InChI is InChI=1S/C12H21N3/c1-4-15(10(2)3)12(9-13)11-7-5-6-8-14-11/h5-8,10,12H,4,9,13H2,1-3H3. The Morgan fingerprint density at radius 1 is 1.40 bits per heavy atom. The molecule has 0 aromatic carbocycles. The molecule has 3 heteroatoms. The van der Waals surface area contributed by atoms with Crippen molar-refractivity contribution in [3.63, 3.8) is 0 Å². The van der Waals surface area contributed by atoms with Gasteiger partial charge in [-0.2, -0.15) is 0 Å². The van der Waals surface area contributed by atoms with Gasteiger partial charge in [0.25, 0.3) is 0 Å². The van der Waals surface area contributed by atoms with Gasteiger partial charge in [-0.15, -0.1) is 0 Å². The summed E-state index contributed by atoms with van der Waals surface area (Å²) >= 11 is 0. The van der Waals surface area contributed by atoms with Crippen LogP contribution in [0.3, 0.4) is 0 Å². The van der Waals surface area contributed by atoms with Crippen molar-refractivity contribution in [3.8, 4) is 0 Å². The van der Waals surface area contributed by atoms with Gasteiger partial charge >= 0.3 is 0 Å². The van der Waals surface area contributed by atoms with Crippen molar-refractivity contribution in [1.29, 1.82) is 0 Å². The fourth-order valence-electron chi connectivity index (χ4n) is 1.94. The molecule has 0 amide bonds. The highest BCUT2D eigenvalue weighted by molar-refractivity contribution is 5.09. The summed E-state index contributed by atoms with van der Waals surface area (Å²) in [5.74, 6) is 0. The molecule has 1 aromatic heterocycles. The highest BCUT2D eigenvalue weighted by Crippen LogP contribution is 2.19. The van der Waals surface area contributed by atoms with Crippen LogP contribution < -0.4 is 5.73 Å². The summed E-state index contributed by atoms with van der Waals surface area (Å²) < 4.78 is 0. The number of nitrogens with zero attached hydrogens (tertiary/aromatic N) is 2. The number of rotatable bonds is 5. The summed E-state index contributed by atoms with van der Waals surface area (Å²) in [4.78, 5) is 6.74. The quantitative estimate of drug-likeness (QED) is 0.800. The number of aromatic nitrogens is 1. The van der Waals surface area contributed by atoms with Crippen LogP contribution in [0, 0.1) is 0 Å². The van der Waals surface area contributed by atoms with Crippen LogP contribution in [0.4, 0.5) is 0 Å². The van der Waals surface area contributed by atoms with E-state index in [9.17, 15) is 0 Å². The molecular weight excluding hydrogens is 186 g/mol. The predicted octanol–water partition coefficient (Wildman–Crippen LogP) is 1.81. The Labute approximate surface area is 92.3 Å². The molecule has 0 aliphatic heterocycles. The van der Waals surface area contributed by atoms with Crippen molar-refractivity contribution in [2.75, 3.05) is 13.1 Å². The third-order valence-corrected chi connectivity index (χ3v) is 2.68. The monoisotopic (exact) mass is 207 g/mol. The molecule has 1 aromatic rings. The van der Waals surface area contributed by atoms with Crippen molar-refractivity contribution < 1.29 is 0 Å². The van der Waals surface area contributed by atoms with Crippen LogP contribution in [0.25, 0.3) is 0 Å². The normalized spacial score (nSPS) is 13.5. The lowest BCUT2D eigenvalue weighted by molar-refractivity contribution is 0.163. The van der Waals surface area contributed by atoms with E-state index in [1.807, 2.05) is 24.4 Å². The summed E-state index contributed by atoms with van der Waals surface area (Å²) in [7, 11) is 0. The maximum atomic E-state index is 5.84. The van der Waals surface area contributed by atoms with Crippen LogP contribution in [0.5, 0.6) is 0 Å². The number of pyridine rings is 1. The van der Waals surface area contributed by atoms with Gasteiger partial charge in [0.2, 0.25) is 0 Å². The minimum Gasteiger partial charge on any atom is -0.329 e. The Hall–Kier alpha value is -0.930. The number of hydrogen-bond donors (Lipinski definition) is 1. The molecule has 0 saturated carbocycles. The van der Waals surface area contributed by atoms with E-state index in [-0.39, 0.29) is 6.04 Å². The average Bonchev–Trinajstić information content (AvgIpc) is 2.26. The van der Waals surface area contributed by atoms with Crippen molar-refractivity contribution in [3.05, 3.63) is 30.1 Å². The fraction of sp³-hybridized carbons (Fsp3) is 0.583. The van der Waals surface area contributed by atoms with Crippen molar-refractivity contribution in [1.82, 2.24) is 9.88 Å². The second-order valence-corrected chi connectivity index (χ2v) is 3.93. The smallest absolute Gasteiger partial charge is 0.0646 e. The van der Waals surface area contributed by atoms with Gasteiger partial charge in [-0.05, 0) is 32.5 Å². The van der Waals surface area contributed by atoms with Gasteiger partial charge < -0.3 is 5.73 Å². The van der Waals surface area contributed by atoms with Crippen molar-refractivity contribution >= 4 is 0 Å². The SMILES string of the molecule is CCN(C(C)C)C(CN)c1ccccn1. The summed E-state index contributed by atoms with van der Waals surface area (Å²) in [6.07, 6.45) is 1.83. The van der Waals surface area contributed by atoms with E-state index in [0.29, 0.717) is 12.6 Å². The van der Waals surface area contributed by atoms with E-state index in [2.05, 4.69) is 30.7 Å². The van der Waals surface area contributed by atoms with E-state index in [1.165, 1.54) is 0 Å². The third kappa shape index (κ3) is 3.01. The molecule has 1 unspecified atom stereocenters. The van der Waals surface area contributed by atoms with Crippen LogP contribution in [0.15, 0.2) is 24.4 Å². The highest BCUT2D eigenvalue weighted by atomic mass is 15.2. The fourth-order valence-corrected chi connectivity index (χ4v) is 1.94. The third-order valence-electron chi connectivity index (χ3n) is 2.68. The average molecular weight is 207 g/mol. The Morgan fingerprint density at radius 3 is 2.53 bits per heavy atom. The lowest BCUT2D eigenvalue weighted by Crippen LogP contribution is -2.38. The molecular formula is C12H21N3. The molecule has 1 atom stereocenters. The largest absolute Gasteiger partial charge is 0.329 e. The van der Waals surface area contributed by atoms with E-state index in [0.717, 1.165) is 12.2 Å². The van der Waals surface area contributed by atoms with Crippen LogP contribution in [0.2, 0.25) is 0 Å². The number of hydrogen-bond acceptors (Lipinski definition) is 3. The Balaban J connectivity index is 2.87. The Bertz CT molecular complexity index is 271. The molecule has 0 bridgehead atoms. The first kappa shape index (κ1) is 12.1. The van der Waals surface area contributed by atoms with Crippen LogP contribution in [-0.4, -0.2) is 29.0 Å². The molecule has 15 heavy (non-hydrogen) atoms. The van der Waals surface area contributed by atoms with Crippen molar-refractivity contribution in [2.45, 2.75) is 32.9 Å². The topological polar surface area (TPSA) is 42.1 Å². The van der Waals surface area contributed by atoms with E-state index in [4.69, 9.17) is 5.73 Å². The zero-order valence-corrected chi connectivity index (χ0v) is 9.85. The molecule has 1 rings (SSSR count). The van der Waals surface area contributed by atoms with Gasteiger partial charge in [-0.25, -0.2) is 0 Å². The molecule has 3 nitrogen and oxygen atoms in total. The van der Waals surface area contributed by atoms with Gasteiger partial charge in [-0.1, -0.05) is 13.0 Å². The number of likely N-dealkylation sites (N-methyl/N-ethyl adjacent to an activating group) is 1. The molecule has 0 fully saturated rings. The lowest BCUT2D eigenvalue weighted by Gasteiger charge is -2.32. The zero-order chi connectivity index (χ0) is 11.3. The first-order valence-electron chi connectivity index (χ1n) is 5.57. The van der Waals surface area contributed by atoms with Crippen LogP contribution in [-0.2, 0) is 0 Å². The Morgan fingerprint density at radius 2 is 2.13 bits per heavy atom. The first-order chi connectivity index (χ1) is 7.20. The van der Waals surface area contributed by atoms with E-state index >= 15 is 0 Å². The minimum atomic E-state index is 0.233. The van der Waals surface area contributed by atoms with E-state index in [1.54, 1.807) is 0 Å². The Kier molecular flexibility index (Phi) is 4.72. The maximum Gasteiger partial charge on any atom is 0.0646 e. The van der Waals surface area contributed by atoms with Crippen LogP contribution in [0.1, 0.15) is 32.5 Å². The molecule has 2 N–H and O–H groups in total. The van der Waals surface area contributed by atoms with Gasteiger partial charge in [0.05, 0.1) is 11.7 Å². The number of nitrogens with two attached hydrogens (primary N) is 1. The van der Waals surface area contributed by atoms with Gasteiger partial charge in [0.15, 0.2) is 0 Å². The highest BCUT2D eigenvalue weighted by Gasteiger charge is 2.20. The summed E-state index contributed by atoms with van der Waals surface area (Å²) in [5.41, 5.74) is 6.90. The second kappa shape index (κ2) is 5.83. The van der Waals surface area contributed by atoms with Gasteiger partial charge in [0.1, 0.15) is 0 Å². The summed E-state index contributed by atoms with van der Waals surface area (Å²) in [6.45, 7) is 8.15.